The van der Waals surface area contributed by atoms with Crippen molar-refractivity contribution in [2.45, 2.75) is 39.3 Å². The summed E-state index contributed by atoms with van der Waals surface area (Å²) in [4.78, 5) is 30.0. The zero-order valence-electron chi connectivity index (χ0n) is 18.3. The highest BCUT2D eigenvalue weighted by Gasteiger charge is 2.32. The van der Waals surface area contributed by atoms with E-state index in [0.29, 0.717) is 30.2 Å². The van der Waals surface area contributed by atoms with E-state index in [-0.39, 0.29) is 17.5 Å². The molecule has 10 heteroatoms. The lowest BCUT2D eigenvalue weighted by Gasteiger charge is -2.25. The first-order valence-electron chi connectivity index (χ1n) is 10.1. The van der Waals surface area contributed by atoms with Crippen LogP contribution in [0.4, 0.5) is 4.39 Å². The van der Waals surface area contributed by atoms with Gasteiger partial charge in [-0.05, 0) is 32.9 Å². The third kappa shape index (κ3) is 4.28. The van der Waals surface area contributed by atoms with E-state index in [0.717, 1.165) is 22.5 Å². The van der Waals surface area contributed by atoms with Crippen molar-refractivity contribution < 1.29 is 18.3 Å². The topological polar surface area (TPSA) is 97.1 Å². The second-order valence-electron chi connectivity index (χ2n) is 7.89. The molecule has 0 unspecified atom stereocenters. The van der Waals surface area contributed by atoms with E-state index in [1.807, 2.05) is 19.9 Å². The monoisotopic (exact) mass is 457 g/mol. The molecule has 32 heavy (non-hydrogen) atoms. The van der Waals surface area contributed by atoms with E-state index in [9.17, 15) is 9.18 Å². The van der Waals surface area contributed by atoms with Gasteiger partial charge in [-0.1, -0.05) is 6.07 Å². The maximum atomic E-state index is 12.8. The first-order chi connectivity index (χ1) is 15.3. The Morgan fingerprint density at radius 1 is 1.34 bits per heavy atom. The quantitative estimate of drug-likeness (QED) is 0.495. The number of benzene rings is 1. The van der Waals surface area contributed by atoms with E-state index in [4.69, 9.17) is 9.15 Å². The molecule has 8 nitrogen and oxygen atoms in total. The van der Waals surface area contributed by atoms with Gasteiger partial charge < -0.3 is 19.0 Å². The minimum absolute atomic E-state index is 0.150. The fourth-order valence-corrected chi connectivity index (χ4v) is 4.01. The molecule has 1 aromatic carbocycles. The largest absolute Gasteiger partial charge is 0.432 e. The number of hydrogen-bond acceptors (Lipinski definition) is 7. The van der Waals surface area contributed by atoms with Crippen molar-refractivity contribution in [2.24, 2.45) is 0 Å². The van der Waals surface area contributed by atoms with Gasteiger partial charge in [0.2, 0.25) is 11.7 Å². The lowest BCUT2D eigenvalue weighted by atomic mass is 10.1. The second kappa shape index (κ2) is 8.79. The third-order valence-electron chi connectivity index (χ3n) is 5.39. The van der Waals surface area contributed by atoms with Gasteiger partial charge in [-0.15, -0.1) is 11.3 Å². The number of ether oxygens (including phenoxy) is 1. The van der Waals surface area contributed by atoms with E-state index in [1.54, 1.807) is 36.8 Å². The molecule has 0 bridgehead atoms. The van der Waals surface area contributed by atoms with Crippen molar-refractivity contribution >= 4 is 27.5 Å². The molecule has 0 saturated carbocycles. The van der Waals surface area contributed by atoms with Gasteiger partial charge in [0.25, 0.3) is 5.91 Å². The number of fused-ring (bicyclic) bond motifs is 2. The molecule has 0 radical (unpaired) electrons. The predicted octanol–water partition coefficient (Wildman–Crippen LogP) is 4.22. The van der Waals surface area contributed by atoms with Crippen LogP contribution in [0.1, 0.15) is 47.4 Å². The molecule has 0 aliphatic carbocycles. The summed E-state index contributed by atoms with van der Waals surface area (Å²) in [5.41, 5.74) is 4.05. The van der Waals surface area contributed by atoms with Crippen molar-refractivity contribution in [3.05, 3.63) is 64.6 Å². The number of imidazole rings is 1. The van der Waals surface area contributed by atoms with Crippen LogP contribution in [-0.2, 0) is 23.3 Å². The zero-order chi connectivity index (χ0) is 22.9. The molecule has 0 fully saturated rings. The molecule has 5 rings (SSSR count). The van der Waals surface area contributed by atoms with Crippen LogP contribution in [0.5, 0.6) is 0 Å². The summed E-state index contributed by atoms with van der Waals surface area (Å²) < 4.78 is 24.7. The summed E-state index contributed by atoms with van der Waals surface area (Å²) in [6, 6.07) is 4.97. The van der Waals surface area contributed by atoms with Gasteiger partial charge >= 0.3 is 0 Å². The Morgan fingerprint density at radius 2 is 2.16 bits per heavy atom. The number of thiazole rings is 1. The number of nitrogens with one attached hydrogen (secondary N) is 1. The molecule has 1 aliphatic rings. The molecule has 0 spiro atoms. The number of nitrogens with zero attached hydrogens (tertiary/aromatic N) is 4. The highest BCUT2D eigenvalue weighted by atomic mass is 32.1. The fraction of sp³-hybridized carbons (Fsp3) is 0.364. The third-order valence-corrected chi connectivity index (χ3v) is 6.18. The Morgan fingerprint density at radius 3 is 2.91 bits per heavy atom. The van der Waals surface area contributed by atoms with Crippen LogP contribution in [0.25, 0.3) is 10.2 Å². The highest BCUT2D eigenvalue weighted by Crippen LogP contribution is 2.27. The van der Waals surface area contributed by atoms with Crippen molar-refractivity contribution in [2.75, 3.05) is 13.7 Å². The molecule has 1 aliphatic heterocycles. The van der Waals surface area contributed by atoms with Crippen LogP contribution in [-0.4, -0.2) is 44.4 Å². The zero-order valence-corrected chi connectivity index (χ0v) is 19.1. The fourth-order valence-electron chi connectivity index (χ4n) is 3.32. The maximum Gasteiger partial charge on any atom is 0.291 e. The van der Waals surface area contributed by atoms with Crippen molar-refractivity contribution in [3.63, 3.8) is 0 Å². The Hall–Kier alpha value is -3.11. The number of hydrogen-bond donors (Lipinski definition) is 1. The van der Waals surface area contributed by atoms with Gasteiger partial charge in [0, 0.05) is 20.1 Å². The van der Waals surface area contributed by atoms with Gasteiger partial charge in [0.1, 0.15) is 16.9 Å². The SMILES string of the molecule is COC(C)(C)c1nc(C)c(C(=O)N2CCc3nc[nH]c3C2)o1.Fc1cccc2scnc12. The van der Waals surface area contributed by atoms with Crippen LogP contribution in [0, 0.1) is 12.7 Å². The lowest BCUT2D eigenvalue weighted by Crippen LogP contribution is -2.36. The highest BCUT2D eigenvalue weighted by molar-refractivity contribution is 7.16. The average molecular weight is 458 g/mol. The van der Waals surface area contributed by atoms with E-state index < -0.39 is 5.60 Å². The van der Waals surface area contributed by atoms with Gasteiger partial charge in [-0.2, -0.15) is 0 Å². The van der Waals surface area contributed by atoms with Crippen LogP contribution in [0.15, 0.2) is 34.5 Å². The Balaban J connectivity index is 0.000000203. The molecule has 168 valence electrons. The summed E-state index contributed by atoms with van der Waals surface area (Å²) in [5, 5.41) is 0. The average Bonchev–Trinajstić information content (AvgIpc) is 3.53. The Bertz CT molecular complexity index is 1250. The van der Waals surface area contributed by atoms with Crippen LogP contribution >= 0.6 is 11.3 Å². The van der Waals surface area contributed by atoms with Crippen LogP contribution in [0.2, 0.25) is 0 Å². The van der Waals surface area contributed by atoms with E-state index >= 15 is 0 Å². The summed E-state index contributed by atoms with van der Waals surface area (Å²) in [7, 11) is 1.59. The number of para-hydroxylation sites is 1. The van der Waals surface area contributed by atoms with Crippen molar-refractivity contribution in [1.29, 1.82) is 0 Å². The molecule has 0 saturated heterocycles. The molecule has 3 aromatic heterocycles. The van der Waals surface area contributed by atoms with Crippen molar-refractivity contribution in [3.8, 4) is 0 Å². The number of carbonyl (C=O) groups is 1. The molecule has 0 atom stereocenters. The Kier molecular flexibility index (Phi) is 6.07. The summed E-state index contributed by atoms with van der Waals surface area (Å²) in [6.07, 6.45) is 2.41. The van der Waals surface area contributed by atoms with Crippen LogP contribution in [0.3, 0.4) is 0 Å². The minimum atomic E-state index is -0.665. The van der Waals surface area contributed by atoms with Gasteiger partial charge in [0.15, 0.2) is 0 Å². The predicted molar refractivity (Wildman–Crippen MR) is 118 cm³/mol. The summed E-state index contributed by atoms with van der Waals surface area (Å²) in [6.45, 7) is 6.61. The number of rotatable bonds is 3. The van der Waals surface area contributed by atoms with Gasteiger partial charge in [-0.3, -0.25) is 4.79 Å². The molecule has 4 heterocycles. The molecular formula is C22H24FN5O3S. The molecule has 4 aromatic rings. The Labute approximate surface area is 188 Å². The van der Waals surface area contributed by atoms with Crippen molar-refractivity contribution in [1.82, 2.24) is 24.8 Å². The smallest absolute Gasteiger partial charge is 0.291 e. The second-order valence-corrected chi connectivity index (χ2v) is 8.78. The minimum Gasteiger partial charge on any atom is -0.432 e. The molecule has 1 amide bonds. The molecular weight excluding hydrogens is 433 g/mol. The summed E-state index contributed by atoms with van der Waals surface area (Å²) in [5.74, 6) is 0.306. The maximum absolute atomic E-state index is 12.8. The van der Waals surface area contributed by atoms with Crippen LogP contribution < -0.4 is 0 Å². The van der Waals surface area contributed by atoms with E-state index in [1.165, 1.54) is 17.4 Å². The van der Waals surface area contributed by atoms with Gasteiger partial charge in [-0.25, -0.2) is 19.3 Å². The number of carbonyl (C=O) groups excluding carboxylic acids is 1. The number of H-pyrrole nitrogens is 1. The number of aromatic nitrogens is 4. The number of halogens is 1. The lowest BCUT2D eigenvalue weighted by molar-refractivity contribution is -0.00461. The number of oxazole rings is 1. The van der Waals surface area contributed by atoms with Gasteiger partial charge in [0.05, 0.1) is 40.2 Å². The molecule has 1 N–H and O–H groups in total. The summed E-state index contributed by atoms with van der Waals surface area (Å²) >= 11 is 1.45. The first kappa shape index (κ1) is 22.1. The number of methoxy groups -OCH3 is 1. The number of aromatic amines is 1. The standard InChI is InChI=1S/C15H20N4O3.C7H4FNS/c1-9-12(22-14(18-9)15(2,3)21-4)13(20)19-6-5-10-11(7-19)17-8-16-10;8-5-2-1-3-6-7(5)9-4-10-6/h8H,5-7H2,1-4H3,(H,16,17);1-4H. The number of aryl methyl sites for hydroxylation is 1. The first-order valence-corrected chi connectivity index (χ1v) is 11.0. The number of amides is 1. The van der Waals surface area contributed by atoms with E-state index in [2.05, 4.69) is 19.9 Å². The normalized spacial score (nSPS) is 13.6.